The molecule has 18 heavy (non-hydrogen) atoms. The molecule has 0 aromatic rings. The van der Waals surface area contributed by atoms with Gasteiger partial charge in [-0.1, -0.05) is 23.7 Å². The Bertz CT molecular complexity index is 439. The van der Waals surface area contributed by atoms with Crippen molar-refractivity contribution in [2.24, 2.45) is 0 Å². The van der Waals surface area contributed by atoms with Gasteiger partial charge in [0.25, 0.3) is 0 Å². The van der Waals surface area contributed by atoms with Crippen LogP contribution in [0.15, 0.2) is 0 Å². The van der Waals surface area contributed by atoms with Crippen LogP contribution in [0.2, 0.25) is 0 Å². The van der Waals surface area contributed by atoms with Gasteiger partial charge in [0.05, 0.1) is 13.1 Å². The second-order valence-electron chi connectivity index (χ2n) is 4.41. The van der Waals surface area contributed by atoms with Crippen LogP contribution in [0, 0.1) is 47.4 Å². The molecule has 1 aliphatic heterocycles. The summed E-state index contributed by atoms with van der Waals surface area (Å²) in [6.07, 6.45) is 4.01. The quantitative estimate of drug-likeness (QED) is 0.632. The van der Waals surface area contributed by atoms with E-state index in [0.717, 1.165) is 25.7 Å². The van der Waals surface area contributed by atoms with Gasteiger partial charge in [0.2, 0.25) is 0 Å². The van der Waals surface area contributed by atoms with E-state index in [1.54, 1.807) is 0 Å². The standard InChI is InChI=1S/C17H19N/c1-17(2)18-15-13-11-9-7-5-3-4-6-8-10-12-14-16-18/h17H,3-6,15-16H2,1-2H3. The van der Waals surface area contributed by atoms with Gasteiger partial charge in [0.1, 0.15) is 0 Å². The highest BCUT2D eigenvalue weighted by molar-refractivity contribution is 5.28. The molecule has 0 unspecified atom stereocenters. The van der Waals surface area contributed by atoms with Crippen molar-refractivity contribution < 1.29 is 0 Å². The highest BCUT2D eigenvalue weighted by Gasteiger charge is 2.04. The van der Waals surface area contributed by atoms with Crippen molar-refractivity contribution in [3.05, 3.63) is 0 Å². The second kappa shape index (κ2) is 9.25. The van der Waals surface area contributed by atoms with Crippen LogP contribution in [0.4, 0.5) is 0 Å². The van der Waals surface area contributed by atoms with E-state index in [4.69, 9.17) is 0 Å². The molecule has 1 heteroatoms. The Morgan fingerprint density at radius 1 is 0.722 bits per heavy atom. The van der Waals surface area contributed by atoms with Gasteiger partial charge < -0.3 is 0 Å². The fourth-order valence-corrected chi connectivity index (χ4v) is 1.43. The van der Waals surface area contributed by atoms with E-state index in [0.29, 0.717) is 19.1 Å². The van der Waals surface area contributed by atoms with E-state index in [1.807, 2.05) is 0 Å². The van der Waals surface area contributed by atoms with Gasteiger partial charge in [0, 0.05) is 18.9 Å². The van der Waals surface area contributed by atoms with Crippen LogP contribution in [0.25, 0.3) is 0 Å². The number of hydrogen-bond acceptors (Lipinski definition) is 1. The summed E-state index contributed by atoms with van der Waals surface area (Å²) in [5, 5.41) is 0. The lowest BCUT2D eigenvalue weighted by atomic mass is 10.2. The summed E-state index contributed by atoms with van der Waals surface area (Å²) in [6, 6.07) is 0.435. The van der Waals surface area contributed by atoms with Crippen LogP contribution in [-0.2, 0) is 0 Å². The van der Waals surface area contributed by atoms with Gasteiger partial charge in [-0.3, -0.25) is 4.90 Å². The van der Waals surface area contributed by atoms with Gasteiger partial charge in [-0.2, -0.15) is 0 Å². The van der Waals surface area contributed by atoms with Gasteiger partial charge in [0.15, 0.2) is 0 Å². The molecule has 0 bridgehead atoms. The molecule has 0 amide bonds. The number of nitrogens with zero attached hydrogens (tertiary/aromatic N) is 1. The molecule has 0 fully saturated rings. The highest BCUT2D eigenvalue weighted by Crippen LogP contribution is 1.97. The van der Waals surface area contributed by atoms with Crippen LogP contribution >= 0.6 is 0 Å². The molecule has 92 valence electrons. The lowest BCUT2D eigenvalue weighted by Gasteiger charge is -2.20. The van der Waals surface area contributed by atoms with Crippen molar-refractivity contribution in [3.8, 4) is 47.4 Å². The molecule has 0 aliphatic carbocycles. The Labute approximate surface area is 111 Å². The van der Waals surface area contributed by atoms with Gasteiger partial charge in [-0.25, -0.2) is 0 Å². The van der Waals surface area contributed by atoms with Crippen LogP contribution in [0.5, 0.6) is 0 Å². The molecule has 1 rings (SSSR count). The lowest BCUT2D eigenvalue weighted by Crippen LogP contribution is -2.31. The molecule has 0 saturated carbocycles. The maximum absolute atomic E-state index is 3.08. The summed E-state index contributed by atoms with van der Waals surface area (Å²) in [4.78, 5) is 2.21. The molecule has 0 aromatic carbocycles. The van der Waals surface area contributed by atoms with Crippen molar-refractivity contribution in [2.45, 2.75) is 45.6 Å². The van der Waals surface area contributed by atoms with E-state index >= 15 is 0 Å². The lowest BCUT2D eigenvalue weighted by molar-refractivity contribution is 0.281. The molecule has 0 saturated heterocycles. The Hall–Kier alpha value is -1.80. The third-order valence-electron chi connectivity index (χ3n) is 2.63. The minimum absolute atomic E-state index is 0.435. The van der Waals surface area contributed by atoms with E-state index in [1.165, 1.54) is 0 Å². The molecule has 0 N–H and O–H groups in total. The zero-order valence-corrected chi connectivity index (χ0v) is 11.3. The summed E-state index contributed by atoms with van der Waals surface area (Å²) < 4.78 is 0. The number of rotatable bonds is 1. The first-order valence-corrected chi connectivity index (χ1v) is 6.46. The Balaban J connectivity index is 2.69. The smallest absolute Gasteiger partial charge is 0.0622 e. The van der Waals surface area contributed by atoms with Crippen molar-refractivity contribution in [3.63, 3.8) is 0 Å². The summed E-state index contributed by atoms with van der Waals surface area (Å²) in [5.41, 5.74) is 0. The first kappa shape index (κ1) is 14.3. The average molecular weight is 237 g/mol. The number of hydrogen-bond donors (Lipinski definition) is 0. The summed E-state index contributed by atoms with van der Waals surface area (Å²) in [6.45, 7) is 5.73. The first-order chi connectivity index (χ1) is 8.80. The monoisotopic (exact) mass is 237 g/mol. The maximum Gasteiger partial charge on any atom is 0.0622 e. The van der Waals surface area contributed by atoms with E-state index < -0.39 is 0 Å². The Morgan fingerprint density at radius 2 is 1.17 bits per heavy atom. The second-order valence-corrected chi connectivity index (χ2v) is 4.41. The van der Waals surface area contributed by atoms with Crippen molar-refractivity contribution >= 4 is 0 Å². The third kappa shape index (κ3) is 6.71. The molecule has 1 heterocycles. The van der Waals surface area contributed by atoms with Crippen LogP contribution < -0.4 is 0 Å². The Morgan fingerprint density at radius 3 is 1.61 bits per heavy atom. The predicted octanol–water partition coefficient (Wildman–Crippen LogP) is 2.28. The molecule has 1 nitrogen and oxygen atoms in total. The van der Waals surface area contributed by atoms with Gasteiger partial charge in [-0.15, -0.1) is 0 Å². The molecule has 1 aliphatic rings. The Kier molecular flexibility index (Phi) is 7.33. The minimum Gasteiger partial charge on any atom is -0.279 e. The van der Waals surface area contributed by atoms with Crippen LogP contribution in [0.1, 0.15) is 39.5 Å². The van der Waals surface area contributed by atoms with Crippen molar-refractivity contribution in [1.82, 2.24) is 4.90 Å². The zero-order chi connectivity index (χ0) is 13.1. The van der Waals surface area contributed by atoms with Crippen molar-refractivity contribution in [2.75, 3.05) is 13.1 Å². The molecule has 0 spiro atoms. The van der Waals surface area contributed by atoms with E-state index in [-0.39, 0.29) is 0 Å². The third-order valence-corrected chi connectivity index (χ3v) is 2.63. The van der Waals surface area contributed by atoms with E-state index in [9.17, 15) is 0 Å². The SMILES string of the molecule is CC(C)N1CC#CC#CCCCCC#CC#CC1. The maximum atomic E-state index is 3.08. The molecule has 0 radical (unpaired) electrons. The van der Waals surface area contributed by atoms with Gasteiger partial charge >= 0.3 is 0 Å². The molecule has 0 aromatic heterocycles. The minimum atomic E-state index is 0.435. The average Bonchev–Trinajstić information content (AvgIpc) is 2.36. The first-order valence-electron chi connectivity index (χ1n) is 6.46. The van der Waals surface area contributed by atoms with Crippen molar-refractivity contribution in [1.29, 1.82) is 0 Å². The zero-order valence-electron chi connectivity index (χ0n) is 11.3. The molecule has 0 atom stereocenters. The molecular formula is C17H19N. The predicted molar refractivity (Wildman–Crippen MR) is 76.3 cm³/mol. The molecular weight excluding hydrogens is 218 g/mol. The van der Waals surface area contributed by atoms with Crippen LogP contribution in [0.3, 0.4) is 0 Å². The normalized spacial score (nSPS) is 16.4. The van der Waals surface area contributed by atoms with Crippen LogP contribution in [-0.4, -0.2) is 24.0 Å². The summed E-state index contributed by atoms with van der Waals surface area (Å²) in [7, 11) is 0. The largest absolute Gasteiger partial charge is 0.279 e. The topological polar surface area (TPSA) is 3.24 Å². The fraction of sp³-hybridized carbons (Fsp3) is 0.529. The summed E-state index contributed by atoms with van der Waals surface area (Å²) >= 11 is 0. The fourth-order valence-electron chi connectivity index (χ4n) is 1.43. The summed E-state index contributed by atoms with van der Waals surface area (Å²) in [5.74, 6) is 23.9. The highest BCUT2D eigenvalue weighted by atomic mass is 15.1. The van der Waals surface area contributed by atoms with Gasteiger partial charge in [-0.05, 0) is 50.4 Å². The van der Waals surface area contributed by atoms with E-state index in [2.05, 4.69) is 66.1 Å².